The molecule has 0 heterocycles. The molecule has 0 spiro atoms. The van der Waals surface area contributed by atoms with Crippen molar-refractivity contribution in [3.63, 3.8) is 0 Å². The Morgan fingerprint density at radius 2 is 1.96 bits per heavy atom. The molecule has 23 heavy (non-hydrogen) atoms. The van der Waals surface area contributed by atoms with Crippen molar-refractivity contribution in [3.05, 3.63) is 53.6 Å². The Morgan fingerprint density at radius 3 is 2.61 bits per heavy atom. The van der Waals surface area contributed by atoms with E-state index in [-0.39, 0.29) is 5.91 Å². The zero-order valence-corrected chi connectivity index (χ0v) is 13.0. The summed E-state index contributed by atoms with van der Waals surface area (Å²) >= 11 is 0. The van der Waals surface area contributed by atoms with Gasteiger partial charge in [-0.15, -0.1) is 0 Å². The van der Waals surface area contributed by atoms with Crippen molar-refractivity contribution in [2.45, 2.75) is 6.42 Å². The average Bonchev–Trinajstić information content (AvgIpc) is 2.55. The number of carbonyl (C=O) groups is 1. The summed E-state index contributed by atoms with van der Waals surface area (Å²) in [4.78, 5) is 11.8. The van der Waals surface area contributed by atoms with Crippen LogP contribution in [0.25, 0.3) is 11.1 Å². The highest BCUT2D eigenvalue weighted by Gasteiger charge is 2.05. The summed E-state index contributed by atoms with van der Waals surface area (Å²) < 4.78 is 4.89. The van der Waals surface area contributed by atoms with Gasteiger partial charge in [-0.3, -0.25) is 4.79 Å². The van der Waals surface area contributed by atoms with Crippen LogP contribution in [0.3, 0.4) is 0 Å². The van der Waals surface area contributed by atoms with Crippen LogP contribution in [0.4, 0.5) is 5.69 Å². The quantitative estimate of drug-likeness (QED) is 0.632. The third kappa shape index (κ3) is 4.83. The van der Waals surface area contributed by atoms with Crippen LogP contribution in [0, 0.1) is 11.3 Å². The lowest BCUT2D eigenvalue weighted by atomic mass is 10.0. The van der Waals surface area contributed by atoms with Crippen molar-refractivity contribution >= 4 is 11.6 Å². The second-order valence-electron chi connectivity index (χ2n) is 5.17. The van der Waals surface area contributed by atoms with Crippen molar-refractivity contribution in [2.24, 2.45) is 0 Å². The number of anilines is 1. The first-order valence-electron chi connectivity index (χ1n) is 7.28. The fourth-order valence-corrected chi connectivity index (χ4v) is 2.24. The molecule has 0 aliphatic carbocycles. The summed E-state index contributed by atoms with van der Waals surface area (Å²) in [5.41, 5.74) is 9.66. The van der Waals surface area contributed by atoms with Gasteiger partial charge in [0.1, 0.15) is 0 Å². The molecule has 0 fully saturated rings. The monoisotopic (exact) mass is 309 g/mol. The van der Waals surface area contributed by atoms with Crippen LogP contribution < -0.4 is 11.1 Å². The van der Waals surface area contributed by atoms with Gasteiger partial charge in [-0.05, 0) is 34.9 Å². The third-order valence-electron chi connectivity index (χ3n) is 3.36. The van der Waals surface area contributed by atoms with Crippen LogP contribution in [0.5, 0.6) is 0 Å². The molecule has 0 saturated heterocycles. The van der Waals surface area contributed by atoms with Crippen molar-refractivity contribution in [2.75, 3.05) is 26.0 Å². The number of hydrogen-bond acceptors (Lipinski definition) is 4. The van der Waals surface area contributed by atoms with Crippen LogP contribution >= 0.6 is 0 Å². The molecule has 5 nitrogen and oxygen atoms in total. The number of nitrogens with zero attached hydrogens (tertiary/aromatic N) is 1. The number of rotatable bonds is 6. The van der Waals surface area contributed by atoms with E-state index in [2.05, 4.69) is 11.4 Å². The van der Waals surface area contributed by atoms with E-state index in [1.807, 2.05) is 30.3 Å². The van der Waals surface area contributed by atoms with E-state index in [0.29, 0.717) is 30.8 Å². The molecular formula is C18H19N3O2. The highest BCUT2D eigenvalue weighted by Crippen LogP contribution is 2.24. The van der Waals surface area contributed by atoms with E-state index >= 15 is 0 Å². The van der Waals surface area contributed by atoms with E-state index < -0.39 is 0 Å². The predicted molar refractivity (Wildman–Crippen MR) is 89.6 cm³/mol. The molecule has 3 N–H and O–H groups in total. The zero-order valence-electron chi connectivity index (χ0n) is 13.0. The second-order valence-corrected chi connectivity index (χ2v) is 5.17. The van der Waals surface area contributed by atoms with Gasteiger partial charge >= 0.3 is 0 Å². The molecule has 0 atom stereocenters. The van der Waals surface area contributed by atoms with Gasteiger partial charge in [0, 0.05) is 19.3 Å². The molecule has 1 amide bonds. The highest BCUT2D eigenvalue weighted by atomic mass is 16.5. The molecule has 0 aromatic heterocycles. The van der Waals surface area contributed by atoms with Crippen LogP contribution in [-0.4, -0.2) is 26.2 Å². The Hall–Kier alpha value is -2.84. The number of carbonyl (C=O) groups excluding carboxylic acids is 1. The van der Waals surface area contributed by atoms with Crippen molar-refractivity contribution in [1.82, 2.24) is 5.32 Å². The van der Waals surface area contributed by atoms with Gasteiger partial charge < -0.3 is 15.8 Å². The molecule has 0 bridgehead atoms. The number of benzene rings is 2. The summed E-state index contributed by atoms with van der Waals surface area (Å²) in [6, 6.07) is 15.0. The summed E-state index contributed by atoms with van der Waals surface area (Å²) in [5.74, 6) is -0.0366. The van der Waals surface area contributed by atoms with E-state index in [1.54, 1.807) is 19.2 Å². The zero-order chi connectivity index (χ0) is 16.7. The fourth-order valence-electron chi connectivity index (χ4n) is 2.24. The van der Waals surface area contributed by atoms with Gasteiger partial charge in [0.05, 0.1) is 24.7 Å². The molecule has 0 radical (unpaired) electrons. The van der Waals surface area contributed by atoms with Crippen LogP contribution in [0.15, 0.2) is 42.5 Å². The molecule has 2 aromatic carbocycles. The molecule has 2 rings (SSSR count). The average molecular weight is 309 g/mol. The van der Waals surface area contributed by atoms with E-state index in [1.165, 1.54) is 0 Å². The number of nitrogen functional groups attached to an aromatic ring is 1. The second kappa shape index (κ2) is 7.97. The number of nitriles is 1. The first-order chi connectivity index (χ1) is 11.1. The standard InChI is InChI=1S/C18H19N3O2/c1-23-7-6-21-18(22)10-13-2-4-15(5-3-13)16-8-14(12-19)9-17(20)11-16/h2-5,8-9,11H,6-7,10,20H2,1H3,(H,21,22). The molecule has 2 aromatic rings. The van der Waals surface area contributed by atoms with E-state index in [0.717, 1.165) is 16.7 Å². The van der Waals surface area contributed by atoms with Gasteiger partial charge in [0.2, 0.25) is 5.91 Å². The fraction of sp³-hybridized carbons (Fsp3) is 0.222. The number of methoxy groups -OCH3 is 1. The Morgan fingerprint density at radius 1 is 1.22 bits per heavy atom. The molecule has 0 unspecified atom stereocenters. The maximum atomic E-state index is 11.8. The number of hydrogen-bond donors (Lipinski definition) is 2. The first-order valence-corrected chi connectivity index (χ1v) is 7.28. The van der Waals surface area contributed by atoms with Crippen LogP contribution in [0.1, 0.15) is 11.1 Å². The lowest BCUT2D eigenvalue weighted by Crippen LogP contribution is -2.28. The predicted octanol–water partition coefficient (Wildman–Crippen LogP) is 2.11. The van der Waals surface area contributed by atoms with Crippen molar-refractivity contribution in [1.29, 1.82) is 5.26 Å². The lowest BCUT2D eigenvalue weighted by Gasteiger charge is -2.07. The van der Waals surface area contributed by atoms with Gasteiger partial charge in [-0.25, -0.2) is 0 Å². The number of nitrogens with one attached hydrogen (secondary N) is 1. The topological polar surface area (TPSA) is 88.1 Å². The van der Waals surface area contributed by atoms with Gasteiger partial charge in [-0.2, -0.15) is 5.26 Å². The normalized spacial score (nSPS) is 10.1. The minimum absolute atomic E-state index is 0.0366. The Kier molecular flexibility index (Phi) is 5.73. The first kappa shape index (κ1) is 16.5. The SMILES string of the molecule is COCCNC(=O)Cc1ccc(-c2cc(N)cc(C#N)c2)cc1. The smallest absolute Gasteiger partial charge is 0.224 e. The summed E-state index contributed by atoms with van der Waals surface area (Å²) in [5, 5.41) is 11.8. The number of amides is 1. The lowest BCUT2D eigenvalue weighted by molar-refractivity contribution is -0.120. The van der Waals surface area contributed by atoms with Gasteiger partial charge in [0.15, 0.2) is 0 Å². The Bertz CT molecular complexity index is 718. The summed E-state index contributed by atoms with van der Waals surface area (Å²) in [7, 11) is 1.60. The van der Waals surface area contributed by atoms with E-state index in [9.17, 15) is 4.79 Å². The van der Waals surface area contributed by atoms with Gasteiger partial charge in [0.25, 0.3) is 0 Å². The molecule has 0 saturated carbocycles. The maximum Gasteiger partial charge on any atom is 0.224 e. The molecule has 118 valence electrons. The minimum Gasteiger partial charge on any atom is -0.399 e. The molecule has 0 aliphatic heterocycles. The molecular weight excluding hydrogens is 290 g/mol. The number of ether oxygens (including phenoxy) is 1. The summed E-state index contributed by atoms with van der Waals surface area (Å²) in [6.45, 7) is 1.01. The molecule has 0 aliphatic rings. The third-order valence-corrected chi connectivity index (χ3v) is 3.36. The maximum absolute atomic E-state index is 11.8. The molecule has 5 heteroatoms. The Balaban J connectivity index is 2.06. The van der Waals surface area contributed by atoms with Crippen LogP contribution in [0.2, 0.25) is 0 Å². The largest absolute Gasteiger partial charge is 0.399 e. The van der Waals surface area contributed by atoms with Gasteiger partial charge in [-0.1, -0.05) is 24.3 Å². The van der Waals surface area contributed by atoms with Crippen LogP contribution in [-0.2, 0) is 16.0 Å². The summed E-state index contributed by atoms with van der Waals surface area (Å²) in [6.07, 6.45) is 0.324. The van der Waals surface area contributed by atoms with Crippen molar-refractivity contribution < 1.29 is 9.53 Å². The Labute approximate surface area is 135 Å². The number of nitrogens with two attached hydrogens (primary N) is 1. The van der Waals surface area contributed by atoms with E-state index in [4.69, 9.17) is 15.7 Å². The highest BCUT2D eigenvalue weighted by molar-refractivity contribution is 5.79. The van der Waals surface area contributed by atoms with Crippen molar-refractivity contribution in [3.8, 4) is 17.2 Å². The minimum atomic E-state index is -0.0366.